The van der Waals surface area contributed by atoms with Gasteiger partial charge in [0.15, 0.2) is 11.5 Å². The highest BCUT2D eigenvalue weighted by Gasteiger charge is 2.27. The molecule has 0 radical (unpaired) electrons. The Morgan fingerprint density at radius 2 is 1.46 bits per heavy atom. The minimum absolute atomic E-state index is 0.245. The van der Waals surface area contributed by atoms with E-state index in [-0.39, 0.29) is 17.1 Å². The molecular formula is C27H17F5O3. The second kappa shape index (κ2) is 9.97. The Kier molecular flexibility index (Phi) is 6.82. The number of benzene rings is 4. The molecule has 0 atom stereocenters. The number of halogens is 5. The Hall–Kier alpha value is -4.20. The van der Waals surface area contributed by atoms with Crippen molar-refractivity contribution in [2.45, 2.75) is 6.61 Å². The summed E-state index contributed by atoms with van der Waals surface area (Å²) in [5.74, 6) is -12.0. The van der Waals surface area contributed by atoms with Crippen molar-refractivity contribution in [2.24, 2.45) is 0 Å². The standard InChI is InChI=1S/C27H17F5O3/c1-34-21-11-7-15(6-10-20(33)18-9-8-16-4-2-3-5-17(16)13-18)12-19(21)14-35-27-25(31)23(29)22(28)24(30)26(27)32/h2-13H,14H2,1H3/b10-6+. The molecule has 0 saturated carbocycles. The third kappa shape index (κ3) is 4.87. The van der Waals surface area contributed by atoms with Crippen LogP contribution in [0.5, 0.6) is 11.5 Å². The quantitative estimate of drug-likeness (QED) is 0.0930. The van der Waals surface area contributed by atoms with Gasteiger partial charge in [0.2, 0.25) is 29.1 Å². The molecule has 3 nitrogen and oxygen atoms in total. The van der Waals surface area contributed by atoms with E-state index in [1.165, 1.54) is 31.4 Å². The predicted molar refractivity (Wildman–Crippen MR) is 121 cm³/mol. The van der Waals surface area contributed by atoms with Crippen molar-refractivity contribution in [1.82, 2.24) is 0 Å². The van der Waals surface area contributed by atoms with E-state index in [4.69, 9.17) is 9.47 Å². The molecular weight excluding hydrogens is 467 g/mol. The highest BCUT2D eigenvalue weighted by atomic mass is 19.2. The lowest BCUT2D eigenvalue weighted by Crippen LogP contribution is -2.07. The van der Waals surface area contributed by atoms with Gasteiger partial charge >= 0.3 is 0 Å². The molecule has 178 valence electrons. The minimum Gasteiger partial charge on any atom is -0.496 e. The summed E-state index contributed by atoms with van der Waals surface area (Å²) < 4.78 is 78.1. The normalized spacial score (nSPS) is 11.3. The number of allylic oxidation sites excluding steroid dienone is 1. The Morgan fingerprint density at radius 3 is 2.14 bits per heavy atom. The van der Waals surface area contributed by atoms with E-state index in [0.29, 0.717) is 11.1 Å². The van der Waals surface area contributed by atoms with Gasteiger partial charge in [-0.15, -0.1) is 0 Å². The van der Waals surface area contributed by atoms with Crippen LogP contribution in [0.2, 0.25) is 0 Å². The largest absolute Gasteiger partial charge is 0.496 e. The minimum atomic E-state index is -2.27. The number of ether oxygens (including phenoxy) is 2. The average Bonchev–Trinajstić information content (AvgIpc) is 2.89. The van der Waals surface area contributed by atoms with Crippen LogP contribution in [0, 0.1) is 29.1 Å². The number of fused-ring (bicyclic) bond motifs is 1. The number of ketones is 1. The van der Waals surface area contributed by atoms with E-state index in [9.17, 15) is 26.7 Å². The van der Waals surface area contributed by atoms with Gasteiger partial charge in [0.25, 0.3) is 0 Å². The van der Waals surface area contributed by atoms with Crippen LogP contribution in [0.3, 0.4) is 0 Å². The highest BCUT2D eigenvalue weighted by Crippen LogP contribution is 2.31. The maximum atomic E-state index is 13.9. The van der Waals surface area contributed by atoms with E-state index in [0.717, 1.165) is 10.8 Å². The zero-order valence-electron chi connectivity index (χ0n) is 18.2. The van der Waals surface area contributed by atoms with Crippen LogP contribution in [0.25, 0.3) is 16.8 Å². The number of carbonyl (C=O) groups excluding carboxylic acids is 1. The average molecular weight is 484 g/mol. The molecule has 4 rings (SSSR count). The number of methoxy groups -OCH3 is 1. The molecule has 0 N–H and O–H groups in total. The van der Waals surface area contributed by atoms with Gasteiger partial charge in [0, 0.05) is 11.1 Å². The van der Waals surface area contributed by atoms with E-state index in [1.54, 1.807) is 18.2 Å². The zero-order valence-corrected chi connectivity index (χ0v) is 18.2. The fourth-order valence-electron chi connectivity index (χ4n) is 3.49. The van der Waals surface area contributed by atoms with Crippen LogP contribution in [0.4, 0.5) is 22.0 Å². The molecule has 0 heterocycles. The molecule has 4 aromatic carbocycles. The Balaban J connectivity index is 1.56. The fraction of sp³-hybridized carbons (Fsp3) is 0.0741. The topological polar surface area (TPSA) is 35.5 Å². The molecule has 4 aromatic rings. The summed E-state index contributed by atoms with van der Waals surface area (Å²) in [5, 5.41) is 1.92. The third-order valence-electron chi connectivity index (χ3n) is 5.31. The van der Waals surface area contributed by atoms with Crippen LogP contribution in [0.1, 0.15) is 21.5 Å². The summed E-state index contributed by atoms with van der Waals surface area (Å²) in [5.41, 5.74) is 1.27. The molecule has 0 bridgehead atoms. The van der Waals surface area contributed by atoms with Gasteiger partial charge in [0.05, 0.1) is 7.11 Å². The number of hydrogen-bond acceptors (Lipinski definition) is 3. The maximum absolute atomic E-state index is 13.9. The second-order valence-corrected chi connectivity index (χ2v) is 7.52. The molecule has 8 heteroatoms. The molecule has 35 heavy (non-hydrogen) atoms. The predicted octanol–water partition coefficient (Wildman–Crippen LogP) is 7.02. The maximum Gasteiger partial charge on any atom is 0.207 e. The van der Waals surface area contributed by atoms with Crippen LogP contribution < -0.4 is 9.47 Å². The summed E-state index contributed by atoms with van der Waals surface area (Å²) >= 11 is 0. The molecule has 0 aliphatic rings. The van der Waals surface area contributed by atoms with E-state index in [2.05, 4.69) is 0 Å². The number of rotatable bonds is 7. The van der Waals surface area contributed by atoms with Gasteiger partial charge in [-0.05, 0) is 40.6 Å². The molecule has 0 spiro atoms. The van der Waals surface area contributed by atoms with Crippen molar-refractivity contribution in [1.29, 1.82) is 0 Å². The molecule has 0 unspecified atom stereocenters. The summed E-state index contributed by atoms with van der Waals surface area (Å²) in [6, 6.07) is 17.6. The van der Waals surface area contributed by atoms with Gasteiger partial charge in [0.1, 0.15) is 12.4 Å². The number of hydrogen-bond donors (Lipinski definition) is 0. The van der Waals surface area contributed by atoms with Crippen LogP contribution >= 0.6 is 0 Å². The molecule has 0 aromatic heterocycles. The van der Waals surface area contributed by atoms with Crippen molar-refractivity contribution < 1.29 is 36.2 Å². The molecule has 0 aliphatic carbocycles. The Bertz CT molecular complexity index is 1430. The monoisotopic (exact) mass is 484 g/mol. The van der Waals surface area contributed by atoms with Crippen molar-refractivity contribution in [2.75, 3.05) is 7.11 Å². The summed E-state index contributed by atoms with van der Waals surface area (Å²) in [7, 11) is 1.34. The van der Waals surface area contributed by atoms with Gasteiger partial charge < -0.3 is 9.47 Å². The molecule has 0 saturated heterocycles. The van der Waals surface area contributed by atoms with E-state index < -0.39 is 41.4 Å². The fourth-order valence-corrected chi connectivity index (χ4v) is 3.49. The smallest absolute Gasteiger partial charge is 0.207 e. The third-order valence-corrected chi connectivity index (χ3v) is 5.31. The summed E-state index contributed by atoms with van der Waals surface area (Å²) in [4.78, 5) is 12.6. The second-order valence-electron chi connectivity index (χ2n) is 7.52. The first-order valence-corrected chi connectivity index (χ1v) is 10.3. The number of carbonyl (C=O) groups is 1. The lowest BCUT2D eigenvalue weighted by atomic mass is 10.0. The first-order valence-electron chi connectivity index (χ1n) is 10.3. The van der Waals surface area contributed by atoms with Crippen molar-refractivity contribution in [3.8, 4) is 11.5 Å². The highest BCUT2D eigenvalue weighted by molar-refractivity contribution is 6.08. The van der Waals surface area contributed by atoms with Crippen LogP contribution in [0.15, 0.2) is 66.7 Å². The molecule has 0 amide bonds. The Morgan fingerprint density at radius 1 is 0.800 bits per heavy atom. The van der Waals surface area contributed by atoms with Crippen molar-refractivity contribution in [3.05, 3.63) is 113 Å². The summed E-state index contributed by atoms with van der Waals surface area (Å²) in [6.45, 7) is -0.554. The molecule has 0 aliphatic heterocycles. The Labute approximate surface area is 197 Å². The first kappa shape index (κ1) is 23.9. The SMILES string of the molecule is COc1ccc(/C=C/C(=O)c2ccc3ccccc3c2)cc1COc1c(F)c(F)c(F)c(F)c1F. The van der Waals surface area contributed by atoms with Crippen molar-refractivity contribution in [3.63, 3.8) is 0 Å². The summed E-state index contributed by atoms with van der Waals surface area (Å²) in [6.07, 6.45) is 2.89. The zero-order chi connectivity index (χ0) is 25.1. The van der Waals surface area contributed by atoms with Gasteiger partial charge in [-0.1, -0.05) is 48.5 Å². The van der Waals surface area contributed by atoms with Gasteiger partial charge in [-0.3, -0.25) is 4.79 Å². The van der Waals surface area contributed by atoms with E-state index >= 15 is 0 Å². The lowest BCUT2D eigenvalue weighted by molar-refractivity contribution is 0.104. The van der Waals surface area contributed by atoms with Crippen molar-refractivity contribution >= 4 is 22.6 Å². The van der Waals surface area contributed by atoms with Crippen LogP contribution in [-0.4, -0.2) is 12.9 Å². The van der Waals surface area contributed by atoms with Gasteiger partial charge in [-0.2, -0.15) is 8.78 Å². The lowest BCUT2D eigenvalue weighted by Gasteiger charge is -2.13. The first-order chi connectivity index (χ1) is 16.8. The van der Waals surface area contributed by atoms with Crippen LogP contribution in [-0.2, 0) is 6.61 Å². The molecule has 0 fully saturated rings. The van der Waals surface area contributed by atoms with Gasteiger partial charge in [-0.25, -0.2) is 13.2 Å². The van der Waals surface area contributed by atoms with E-state index in [1.807, 2.05) is 30.3 Å².